The fourth-order valence-corrected chi connectivity index (χ4v) is 9.96. The predicted octanol–water partition coefficient (Wildman–Crippen LogP) is 9.05. The summed E-state index contributed by atoms with van der Waals surface area (Å²) in [6.45, 7) is 12.5. The van der Waals surface area contributed by atoms with Crippen LogP contribution in [0.2, 0.25) is 0 Å². The van der Waals surface area contributed by atoms with Gasteiger partial charge in [-0.2, -0.15) is 0 Å². The second-order valence-corrected chi connectivity index (χ2v) is 14.7. The van der Waals surface area contributed by atoms with Crippen LogP contribution < -0.4 is 0 Å². The third-order valence-electron chi connectivity index (χ3n) is 11.8. The molecule has 5 rings (SSSR count). The maximum atomic E-state index is 12.9. The van der Waals surface area contributed by atoms with Crippen LogP contribution in [0.5, 0.6) is 0 Å². The van der Waals surface area contributed by atoms with Crippen LogP contribution in [0.4, 0.5) is 0 Å². The van der Waals surface area contributed by atoms with E-state index in [0.29, 0.717) is 10.3 Å². The Balaban J connectivity index is 1.24. The summed E-state index contributed by atoms with van der Waals surface area (Å²) in [5, 5.41) is 0. The molecule has 3 saturated carbocycles. The third kappa shape index (κ3) is 5.08. The molecule has 204 valence electrons. The van der Waals surface area contributed by atoms with Crippen molar-refractivity contribution in [1.82, 2.24) is 0 Å². The third-order valence-corrected chi connectivity index (χ3v) is 12.2. The number of allylic oxidation sites excluding steroid dienone is 4. The molecule has 0 saturated heterocycles. The van der Waals surface area contributed by atoms with E-state index in [1.807, 2.05) is 24.3 Å². The summed E-state index contributed by atoms with van der Waals surface area (Å²) in [6.07, 6.45) is 24.3. The molecule has 2 nitrogen and oxygen atoms in total. The van der Waals surface area contributed by atoms with Crippen LogP contribution in [0, 0.1) is 52.3 Å². The number of rotatable bonds is 7. The second-order valence-electron chi connectivity index (χ2n) is 14.2. The molecule has 37 heavy (non-hydrogen) atoms. The summed E-state index contributed by atoms with van der Waals surface area (Å²) in [5.74, 6) is 4.58. The summed E-state index contributed by atoms with van der Waals surface area (Å²) in [4.78, 5) is 13.5. The highest BCUT2D eigenvalue weighted by molar-refractivity contribution is 7.80. The van der Waals surface area contributed by atoms with E-state index in [1.54, 1.807) is 5.57 Å². The van der Waals surface area contributed by atoms with E-state index in [1.165, 1.54) is 51.4 Å². The molecular formula is C34H50O2S. The van der Waals surface area contributed by atoms with Crippen LogP contribution in [0.3, 0.4) is 0 Å². The number of carbonyl (C=O) groups excluding carboxylic acids is 1. The Morgan fingerprint density at radius 2 is 1.86 bits per heavy atom. The van der Waals surface area contributed by atoms with Gasteiger partial charge in [-0.1, -0.05) is 96.0 Å². The van der Waals surface area contributed by atoms with Crippen LogP contribution >= 0.6 is 12.2 Å². The highest BCUT2D eigenvalue weighted by Crippen LogP contribution is 2.67. The molecular weight excluding hydrogens is 472 g/mol. The van der Waals surface area contributed by atoms with Gasteiger partial charge in [0.15, 0.2) is 0 Å². The summed E-state index contributed by atoms with van der Waals surface area (Å²) in [5.41, 5.74) is 2.41. The van der Waals surface area contributed by atoms with Crippen LogP contribution in [-0.2, 0) is 9.53 Å². The molecule has 0 heterocycles. The number of hydrogen-bond acceptors (Lipinski definition) is 3. The zero-order valence-electron chi connectivity index (χ0n) is 24.0. The largest absolute Gasteiger partial charge is 0.461 e. The van der Waals surface area contributed by atoms with Crippen LogP contribution in [-0.4, -0.2) is 16.9 Å². The summed E-state index contributed by atoms with van der Waals surface area (Å²) >= 11 is 5.40. The average Bonchev–Trinajstić information content (AvgIpc) is 3.21. The first kappa shape index (κ1) is 27.4. The van der Waals surface area contributed by atoms with Crippen molar-refractivity contribution in [2.45, 2.75) is 111 Å². The number of thiocarbonyl (C=S) groups is 1. The highest BCUT2D eigenvalue weighted by atomic mass is 32.1. The van der Waals surface area contributed by atoms with Crippen LogP contribution in [0.1, 0.15) is 105 Å². The lowest BCUT2D eigenvalue weighted by atomic mass is 9.47. The van der Waals surface area contributed by atoms with Crippen LogP contribution in [0.15, 0.2) is 36.0 Å². The van der Waals surface area contributed by atoms with Gasteiger partial charge in [0.1, 0.15) is 12.0 Å². The van der Waals surface area contributed by atoms with Crippen molar-refractivity contribution in [3.05, 3.63) is 36.0 Å². The van der Waals surface area contributed by atoms with Gasteiger partial charge in [-0.3, -0.25) is 4.79 Å². The van der Waals surface area contributed by atoms with E-state index in [9.17, 15) is 4.79 Å². The van der Waals surface area contributed by atoms with E-state index in [-0.39, 0.29) is 17.5 Å². The average molecular weight is 523 g/mol. The molecule has 3 heteroatoms. The number of fused-ring (bicyclic) bond motifs is 5. The van der Waals surface area contributed by atoms with Crippen molar-refractivity contribution in [2.24, 2.45) is 52.3 Å². The maximum absolute atomic E-state index is 12.9. The first-order chi connectivity index (χ1) is 17.6. The molecule has 0 radical (unpaired) electrons. The monoisotopic (exact) mass is 522 g/mol. The van der Waals surface area contributed by atoms with E-state index >= 15 is 0 Å². The molecule has 5 aliphatic carbocycles. The van der Waals surface area contributed by atoms with Gasteiger partial charge in [-0.05, 0) is 97.4 Å². The van der Waals surface area contributed by atoms with Gasteiger partial charge in [0.05, 0.1) is 0 Å². The SMILES string of the molecule is CC(C)CCC[C@@H](C)[C@H]1CC[C@H]2[C@@H]3CC=C4C[C@@H](OC(=O)C5C=CC=CC5=S)CC[C@]4(C)[C@H]3CC[C@]12C. The van der Waals surface area contributed by atoms with Crippen molar-refractivity contribution < 1.29 is 9.53 Å². The zero-order valence-corrected chi connectivity index (χ0v) is 24.8. The normalized spacial score (nSPS) is 41.6. The minimum atomic E-state index is -0.392. The molecule has 5 aliphatic rings. The molecule has 0 N–H and O–H groups in total. The minimum Gasteiger partial charge on any atom is -0.461 e. The molecule has 0 aromatic rings. The lowest BCUT2D eigenvalue weighted by Crippen LogP contribution is -2.51. The summed E-state index contributed by atoms with van der Waals surface area (Å²) < 4.78 is 6.05. The molecule has 0 spiro atoms. The van der Waals surface area contributed by atoms with Crippen molar-refractivity contribution in [3.63, 3.8) is 0 Å². The smallest absolute Gasteiger partial charge is 0.318 e. The number of esters is 1. The van der Waals surface area contributed by atoms with Gasteiger partial charge in [-0.15, -0.1) is 0 Å². The van der Waals surface area contributed by atoms with Crippen molar-refractivity contribution in [3.8, 4) is 0 Å². The fourth-order valence-electron chi connectivity index (χ4n) is 9.71. The van der Waals surface area contributed by atoms with Crippen molar-refractivity contribution in [2.75, 3.05) is 0 Å². The quantitative estimate of drug-likeness (QED) is 0.189. The Labute approximate surface area is 231 Å². The van der Waals surface area contributed by atoms with Gasteiger partial charge in [0.25, 0.3) is 0 Å². The van der Waals surface area contributed by atoms with E-state index in [0.717, 1.165) is 54.8 Å². The summed E-state index contributed by atoms with van der Waals surface area (Å²) in [6, 6.07) is 0. The summed E-state index contributed by atoms with van der Waals surface area (Å²) in [7, 11) is 0. The molecule has 0 aromatic heterocycles. The lowest BCUT2D eigenvalue weighted by Gasteiger charge is -2.58. The van der Waals surface area contributed by atoms with Gasteiger partial charge in [0.2, 0.25) is 0 Å². The van der Waals surface area contributed by atoms with Gasteiger partial charge in [-0.25, -0.2) is 0 Å². The molecule has 0 bridgehead atoms. The Morgan fingerprint density at radius 1 is 1.05 bits per heavy atom. The van der Waals surface area contributed by atoms with Gasteiger partial charge < -0.3 is 4.74 Å². The van der Waals surface area contributed by atoms with Crippen molar-refractivity contribution >= 4 is 23.1 Å². The van der Waals surface area contributed by atoms with Crippen LogP contribution in [0.25, 0.3) is 0 Å². The fraction of sp³-hybridized carbons (Fsp3) is 0.765. The standard InChI is InChI=1S/C34H50O2S/c1-22(2)9-8-10-23(3)28-15-16-29-26-14-13-24-21-25(36-32(35)27-11-6-7-12-31(27)37)17-19-33(24,4)30(26)18-20-34(28,29)5/h6-7,11-13,22-23,25-30H,8-10,14-21H2,1-5H3/t23-,25+,26+,27?,28-,29+,30+,33+,34-/m1/s1. The van der Waals surface area contributed by atoms with Crippen molar-refractivity contribution in [1.29, 1.82) is 0 Å². The number of hydrogen-bond donors (Lipinski definition) is 0. The van der Waals surface area contributed by atoms with E-state index in [2.05, 4.69) is 40.7 Å². The Bertz CT molecular complexity index is 974. The molecule has 3 fully saturated rings. The minimum absolute atomic E-state index is 0.00175. The Kier molecular flexibility index (Phi) is 7.94. The number of carbonyl (C=O) groups is 1. The number of ether oxygens (including phenoxy) is 1. The van der Waals surface area contributed by atoms with Gasteiger partial charge in [0, 0.05) is 11.3 Å². The first-order valence-corrected chi connectivity index (χ1v) is 15.8. The van der Waals surface area contributed by atoms with E-state index in [4.69, 9.17) is 17.0 Å². The lowest BCUT2D eigenvalue weighted by molar-refractivity contribution is -0.152. The highest BCUT2D eigenvalue weighted by Gasteiger charge is 2.59. The molecule has 9 atom stereocenters. The zero-order chi connectivity index (χ0) is 26.4. The molecule has 0 amide bonds. The predicted molar refractivity (Wildman–Crippen MR) is 157 cm³/mol. The van der Waals surface area contributed by atoms with E-state index < -0.39 is 5.92 Å². The Hall–Kier alpha value is -1.22. The topological polar surface area (TPSA) is 26.3 Å². The first-order valence-electron chi connectivity index (χ1n) is 15.4. The maximum Gasteiger partial charge on any atom is 0.318 e. The van der Waals surface area contributed by atoms with Gasteiger partial charge >= 0.3 is 5.97 Å². The molecule has 0 aromatic carbocycles. The Morgan fingerprint density at radius 3 is 2.62 bits per heavy atom. The molecule has 0 aliphatic heterocycles. The second kappa shape index (κ2) is 10.7. The molecule has 1 unspecified atom stereocenters.